The normalized spacial score (nSPS) is 32.7. The van der Waals surface area contributed by atoms with Crippen molar-refractivity contribution < 1.29 is 9.59 Å². The average molecular weight is 141 g/mol. The number of amides is 1. The Hall–Kier alpha value is -0.860. The molecule has 0 bridgehead atoms. The largest absolute Gasteiger partial charge is 0.369 e. The molecule has 0 spiro atoms. The fourth-order valence-corrected chi connectivity index (χ4v) is 1.45. The standard InChI is InChI=1S/C7H11NO2/c1-4-2-3-5(9)6(4)7(8)10/h4,6H,2-3H2,1H3,(H2,8,10)/t4-,6?/m0/s1. The summed E-state index contributed by atoms with van der Waals surface area (Å²) >= 11 is 0. The Balaban J connectivity index is 2.72. The molecule has 1 fully saturated rings. The number of ketones is 1. The van der Waals surface area contributed by atoms with Gasteiger partial charge in [-0.3, -0.25) is 9.59 Å². The SMILES string of the molecule is C[C@H]1CCC(=O)C1C(N)=O. The van der Waals surface area contributed by atoms with E-state index < -0.39 is 11.8 Å². The van der Waals surface area contributed by atoms with E-state index in [2.05, 4.69) is 0 Å². The Kier molecular flexibility index (Phi) is 1.74. The van der Waals surface area contributed by atoms with E-state index in [0.29, 0.717) is 6.42 Å². The summed E-state index contributed by atoms with van der Waals surface area (Å²) in [5, 5.41) is 0. The average Bonchev–Trinajstić information content (AvgIpc) is 2.11. The molecule has 0 aliphatic heterocycles. The maximum Gasteiger partial charge on any atom is 0.228 e. The van der Waals surface area contributed by atoms with Gasteiger partial charge in [0.15, 0.2) is 0 Å². The minimum absolute atomic E-state index is 0.0139. The molecule has 56 valence electrons. The molecule has 1 saturated carbocycles. The van der Waals surface area contributed by atoms with Crippen LogP contribution >= 0.6 is 0 Å². The molecule has 3 nitrogen and oxygen atoms in total. The number of hydrogen-bond donors (Lipinski definition) is 1. The number of primary amides is 1. The van der Waals surface area contributed by atoms with E-state index in [0.717, 1.165) is 6.42 Å². The van der Waals surface area contributed by atoms with Crippen molar-refractivity contribution in [2.75, 3.05) is 0 Å². The van der Waals surface area contributed by atoms with Gasteiger partial charge in [-0.15, -0.1) is 0 Å². The Labute approximate surface area is 59.6 Å². The number of carbonyl (C=O) groups is 2. The lowest BCUT2D eigenvalue weighted by Crippen LogP contribution is -2.29. The summed E-state index contributed by atoms with van der Waals surface area (Å²) in [6, 6.07) is 0. The summed E-state index contributed by atoms with van der Waals surface area (Å²) in [5.74, 6) is -0.792. The van der Waals surface area contributed by atoms with Gasteiger partial charge in [0.1, 0.15) is 5.78 Å². The van der Waals surface area contributed by atoms with Crippen LogP contribution in [-0.2, 0) is 9.59 Å². The third kappa shape index (κ3) is 1.03. The summed E-state index contributed by atoms with van der Waals surface area (Å²) in [5.41, 5.74) is 5.02. The third-order valence-electron chi connectivity index (χ3n) is 2.07. The van der Waals surface area contributed by atoms with Crippen LogP contribution in [0.15, 0.2) is 0 Å². The summed E-state index contributed by atoms with van der Waals surface area (Å²) < 4.78 is 0. The highest BCUT2D eigenvalue weighted by Crippen LogP contribution is 2.27. The predicted octanol–water partition coefficient (Wildman–Crippen LogP) is 0.0869. The van der Waals surface area contributed by atoms with E-state index in [4.69, 9.17) is 5.73 Å². The van der Waals surface area contributed by atoms with Crippen LogP contribution in [0.4, 0.5) is 0 Å². The summed E-state index contributed by atoms with van der Waals surface area (Å²) in [6.07, 6.45) is 1.33. The summed E-state index contributed by atoms with van der Waals surface area (Å²) in [4.78, 5) is 21.5. The van der Waals surface area contributed by atoms with Gasteiger partial charge in [0.05, 0.1) is 5.92 Å². The van der Waals surface area contributed by atoms with Crippen LogP contribution in [-0.4, -0.2) is 11.7 Å². The number of carbonyl (C=O) groups excluding carboxylic acids is 2. The van der Waals surface area contributed by atoms with E-state index in [9.17, 15) is 9.59 Å². The second kappa shape index (κ2) is 2.40. The van der Waals surface area contributed by atoms with E-state index in [1.807, 2.05) is 6.92 Å². The fraction of sp³-hybridized carbons (Fsp3) is 0.714. The summed E-state index contributed by atoms with van der Waals surface area (Å²) in [6.45, 7) is 1.89. The zero-order chi connectivity index (χ0) is 7.72. The lowest BCUT2D eigenvalue weighted by atomic mass is 9.97. The first kappa shape index (κ1) is 7.25. The second-order valence-electron chi connectivity index (χ2n) is 2.86. The molecule has 1 aliphatic rings. The van der Waals surface area contributed by atoms with Crippen LogP contribution in [0.25, 0.3) is 0 Å². The van der Waals surface area contributed by atoms with Gasteiger partial charge < -0.3 is 5.73 Å². The molecule has 0 heterocycles. The van der Waals surface area contributed by atoms with Crippen LogP contribution < -0.4 is 5.73 Å². The van der Waals surface area contributed by atoms with Gasteiger partial charge >= 0.3 is 0 Å². The molecular weight excluding hydrogens is 130 g/mol. The van der Waals surface area contributed by atoms with Gasteiger partial charge in [-0.05, 0) is 12.3 Å². The molecule has 10 heavy (non-hydrogen) atoms. The highest BCUT2D eigenvalue weighted by atomic mass is 16.2. The topological polar surface area (TPSA) is 60.2 Å². The maximum atomic E-state index is 10.9. The van der Waals surface area contributed by atoms with Crippen molar-refractivity contribution in [2.45, 2.75) is 19.8 Å². The van der Waals surface area contributed by atoms with E-state index in [1.165, 1.54) is 0 Å². The van der Waals surface area contributed by atoms with E-state index in [1.54, 1.807) is 0 Å². The Morgan fingerprint density at radius 2 is 2.30 bits per heavy atom. The monoisotopic (exact) mass is 141 g/mol. The Bertz CT molecular complexity index is 176. The fourth-order valence-electron chi connectivity index (χ4n) is 1.45. The number of rotatable bonds is 1. The Morgan fingerprint density at radius 1 is 1.70 bits per heavy atom. The molecule has 2 N–H and O–H groups in total. The predicted molar refractivity (Wildman–Crippen MR) is 36.1 cm³/mol. The van der Waals surface area contributed by atoms with Crippen LogP contribution in [0.3, 0.4) is 0 Å². The van der Waals surface area contributed by atoms with E-state index in [-0.39, 0.29) is 11.7 Å². The lowest BCUT2D eigenvalue weighted by Gasteiger charge is -2.07. The van der Waals surface area contributed by atoms with Gasteiger partial charge in [-0.1, -0.05) is 6.92 Å². The van der Waals surface area contributed by atoms with Crippen LogP contribution in [0.1, 0.15) is 19.8 Å². The number of hydrogen-bond acceptors (Lipinski definition) is 2. The molecule has 1 rings (SSSR count). The highest BCUT2D eigenvalue weighted by molar-refractivity contribution is 6.02. The molecule has 1 aliphatic carbocycles. The van der Waals surface area contributed by atoms with E-state index >= 15 is 0 Å². The molecule has 2 atom stereocenters. The quantitative estimate of drug-likeness (QED) is 0.526. The van der Waals surface area contributed by atoms with Gasteiger partial charge in [-0.2, -0.15) is 0 Å². The van der Waals surface area contributed by atoms with Gasteiger partial charge in [0.2, 0.25) is 5.91 Å². The third-order valence-corrected chi connectivity index (χ3v) is 2.07. The molecule has 3 heteroatoms. The molecule has 1 unspecified atom stereocenters. The van der Waals surface area contributed by atoms with Crippen molar-refractivity contribution in [3.8, 4) is 0 Å². The lowest BCUT2D eigenvalue weighted by molar-refractivity contribution is -0.131. The van der Waals surface area contributed by atoms with Crippen LogP contribution in [0.5, 0.6) is 0 Å². The van der Waals surface area contributed by atoms with Crippen LogP contribution in [0.2, 0.25) is 0 Å². The first-order valence-electron chi connectivity index (χ1n) is 3.45. The van der Waals surface area contributed by atoms with Crippen molar-refractivity contribution in [3.05, 3.63) is 0 Å². The molecule has 1 amide bonds. The molecule has 0 aromatic heterocycles. The first-order valence-corrected chi connectivity index (χ1v) is 3.45. The second-order valence-corrected chi connectivity index (χ2v) is 2.86. The molecule has 0 aromatic rings. The highest BCUT2D eigenvalue weighted by Gasteiger charge is 2.35. The summed E-state index contributed by atoms with van der Waals surface area (Å²) in [7, 11) is 0. The number of Topliss-reactive ketones (excluding diaryl/α,β-unsaturated/α-hetero) is 1. The van der Waals surface area contributed by atoms with Gasteiger partial charge in [-0.25, -0.2) is 0 Å². The molecule has 0 radical (unpaired) electrons. The van der Waals surface area contributed by atoms with Crippen molar-refractivity contribution in [2.24, 2.45) is 17.6 Å². The van der Waals surface area contributed by atoms with Gasteiger partial charge in [0.25, 0.3) is 0 Å². The first-order chi connectivity index (χ1) is 4.63. The zero-order valence-electron chi connectivity index (χ0n) is 5.96. The van der Waals surface area contributed by atoms with Crippen LogP contribution in [0, 0.1) is 11.8 Å². The molecule has 0 aromatic carbocycles. The zero-order valence-corrected chi connectivity index (χ0v) is 5.96. The van der Waals surface area contributed by atoms with Crippen molar-refractivity contribution in [3.63, 3.8) is 0 Å². The van der Waals surface area contributed by atoms with Crippen molar-refractivity contribution >= 4 is 11.7 Å². The molecule has 0 saturated heterocycles. The van der Waals surface area contributed by atoms with Gasteiger partial charge in [0, 0.05) is 6.42 Å². The van der Waals surface area contributed by atoms with Crippen molar-refractivity contribution in [1.29, 1.82) is 0 Å². The maximum absolute atomic E-state index is 10.9. The Morgan fingerprint density at radius 3 is 2.50 bits per heavy atom. The molecular formula is C7H11NO2. The number of nitrogens with two attached hydrogens (primary N) is 1. The smallest absolute Gasteiger partial charge is 0.228 e. The minimum Gasteiger partial charge on any atom is -0.369 e. The minimum atomic E-state index is -0.500. The van der Waals surface area contributed by atoms with Crippen molar-refractivity contribution in [1.82, 2.24) is 0 Å².